The van der Waals surface area contributed by atoms with Gasteiger partial charge in [-0.05, 0) is 17.0 Å². The standard InChI is InChI=1S/C13H17N3S/c1-2-13(17-7-1)12-9-15-8-11(12)10-16-5-3-14-4-6-16/h1-2,7-9,14-15H,3-6,10H2. The van der Waals surface area contributed by atoms with Crippen molar-refractivity contribution >= 4 is 11.3 Å². The molecular weight excluding hydrogens is 230 g/mol. The highest BCUT2D eigenvalue weighted by Gasteiger charge is 2.13. The van der Waals surface area contributed by atoms with Gasteiger partial charge < -0.3 is 10.3 Å². The Balaban J connectivity index is 1.77. The topological polar surface area (TPSA) is 31.1 Å². The minimum atomic E-state index is 1.05. The maximum Gasteiger partial charge on any atom is 0.0361 e. The number of piperazine rings is 1. The highest BCUT2D eigenvalue weighted by Crippen LogP contribution is 2.28. The minimum Gasteiger partial charge on any atom is -0.367 e. The summed E-state index contributed by atoms with van der Waals surface area (Å²) in [4.78, 5) is 7.11. The Morgan fingerprint density at radius 2 is 2.12 bits per heavy atom. The van der Waals surface area contributed by atoms with Crippen LogP contribution in [0, 0.1) is 0 Å². The van der Waals surface area contributed by atoms with Crippen molar-refractivity contribution in [3.8, 4) is 10.4 Å². The zero-order valence-electron chi connectivity index (χ0n) is 9.78. The average Bonchev–Trinajstić information content (AvgIpc) is 3.00. The van der Waals surface area contributed by atoms with Crippen molar-refractivity contribution in [2.24, 2.45) is 0 Å². The van der Waals surface area contributed by atoms with Crippen LogP contribution in [0.15, 0.2) is 29.9 Å². The van der Waals surface area contributed by atoms with E-state index in [0.717, 1.165) is 32.7 Å². The van der Waals surface area contributed by atoms with E-state index in [2.05, 4.69) is 45.1 Å². The quantitative estimate of drug-likeness (QED) is 0.871. The summed E-state index contributed by atoms with van der Waals surface area (Å²) in [5, 5.41) is 5.52. The third-order valence-electron chi connectivity index (χ3n) is 3.22. The van der Waals surface area contributed by atoms with E-state index in [1.165, 1.54) is 16.0 Å². The molecule has 4 heteroatoms. The zero-order chi connectivity index (χ0) is 11.5. The third-order valence-corrected chi connectivity index (χ3v) is 4.12. The van der Waals surface area contributed by atoms with Crippen LogP contribution in [0.3, 0.4) is 0 Å². The average molecular weight is 247 g/mol. The Hall–Kier alpha value is -1.10. The second-order valence-electron chi connectivity index (χ2n) is 4.40. The fraction of sp³-hybridized carbons (Fsp3) is 0.385. The highest BCUT2D eigenvalue weighted by atomic mass is 32.1. The van der Waals surface area contributed by atoms with E-state index in [1.54, 1.807) is 11.3 Å². The molecule has 0 saturated carbocycles. The van der Waals surface area contributed by atoms with E-state index >= 15 is 0 Å². The molecule has 1 aliphatic heterocycles. The van der Waals surface area contributed by atoms with Crippen molar-refractivity contribution in [2.75, 3.05) is 26.2 Å². The normalized spacial score (nSPS) is 17.4. The van der Waals surface area contributed by atoms with Gasteiger partial charge in [-0.3, -0.25) is 4.90 Å². The van der Waals surface area contributed by atoms with E-state index in [9.17, 15) is 0 Å². The number of nitrogens with one attached hydrogen (secondary N) is 2. The molecule has 2 aromatic heterocycles. The van der Waals surface area contributed by atoms with Crippen LogP contribution in [0.5, 0.6) is 0 Å². The largest absolute Gasteiger partial charge is 0.367 e. The SMILES string of the molecule is c1csc(-c2c[nH]cc2CN2CCNCC2)c1. The summed E-state index contributed by atoms with van der Waals surface area (Å²) in [5.74, 6) is 0. The number of rotatable bonds is 3. The monoisotopic (exact) mass is 247 g/mol. The summed E-state index contributed by atoms with van der Waals surface area (Å²) in [5.41, 5.74) is 2.77. The van der Waals surface area contributed by atoms with Crippen LogP contribution in [-0.2, 0) is 6.54 Å². The van der Waals surface area contributed by atoms with Gasteiger partial charge in [-0.25, -0.2) is 0 Å². The Bertz CT molecular complexity index is 455. The molecule has 0 aromatic carbocycles. The first-order valence-corrected chi connectivity index (χ1v) is 6.94. The molecule has 3 nitrogen and oxygen atoms in total. The van der Waals surface area contributed by atoms with Crippen molar-refractivity contribution in [3.05, 3.63) is 35.5 Å². The lowest BCUT2D eigenvalue weighted by Crippen LogP contribution is -2.42. The van der Waals surface area contributed by atoms with Crippen molar-refractivity contribution < 1.29 is 0 Å². The molecule has 90 valence electrons. The fourth-order valence-corrected chi connectivity index (χ4v) is 3.08. The molecule has 0 atom stereocenters. The molecule has 2 aromatic rings. The van der Waals surface area contributed by atoms with Gasteiger partial charge in [0.05, 0.1) is 0 Å². The van der Waals surface area contributed by atoms with Gasteiger partial charge in [-0.2, -0.15) is 0 Å². The van der Waals surface area contributed by atoms with Gasteiger partial charge in [0.25, 0.3) is 0 Å². The first-order chi connectivity index (χ1) is 8.43. The number of hydrogen-bond acceptors (Lipinski definition) is 3. The maximum absolute atomic E-state index is 3.39. The van der Waals surface area contributed by atoms with Crippen LogP contribution in [0.4, 0.5) is 0 Å². The van der Waals surface area contributed by atoms with E-state index in [1.807, 2.05) is 0 Å². The lowest BCUT2D eigenvalue weighted by Gasteiger charge is -2.27. The van der Waals surface area contributed by atoms with Crippen LogP contribution >= 0.6 is 11.3 Å². The lowest BCUT2D eigenvalue weighted by molar-refractivity contribution is 0.233. The number of aromatic nitrogens is 1. The van der Waals surface area contributed by atoms with Gasteiger partial charge in [-0.1, -0.05) is 6.07 Å². The van der Waals surface area contributed by atoms with Crippen LogP contribution in [-0.4, -0.2) is 36.1 Å². The van der Waals surface area contributed by atoms with Crippen LogP contribution in [0.1, 0.15) is 5.56 Å². The molecule has 0 bridgehead atoms. The van der Waals surface area contributed by atoms with Crippen molar-refractivity contribution in [1.29, 1.82) is 0 Å². The maximum atomic E-state index is 3.39. The molecule has 0 aliphatic carbocycles. The van der Waals surface area contributed by atoms with E-state index < -0.39 is 0 Å². The Kier molecular flexibility index (Phi) is 3.27. The second kappa shape index (κ2) is 5.04. The molecule has 3 heterocycles. The summed E-state index contributed by atoms with van der Waals surface area (Å²) in [7, 11) is 0. The minimum absolute atomic E-state index is 1.05. The zero-order valence-corrected chi connectivity index (χ0v) is 10.6. The molecule has 3 rings (SSSR count). The lowest BCUT2D eigenvalue weighted by atomic mass is 10.1. The predicted octanol–water partition coefficient (Wildman–Crippen LogP) is 2.15. The summed E-state index contributed by atoms with van der Waals surface area (Å²) >= 11 is 1.81. The molecule has 1 aliphatic rings. The molecule has 2 N–H and O–H groups in total. The Morgan fingerprint density at radius 3 is 2.88 bits per heavy atom. The predicted molar refractivity (Wildman–Crippen MR) is 72.3 cm³/mol. The fourth-order valence-electron chi connectivity index (χ4n) is 2.30. The van der Waals surface area contributed by atoms with E-state index in [4.69, 9.17) is 0 Å². The van der Waals surface area contributed by atoms with E-state index in [0.29, 0.717) is 0 Å². The van der Waals surface area contributed by atoms with Gasteiger partial charge in [0, 0.05) is 55.6 Å². The molecule has 0 amide bonds. The Labute approximate surface area is 105 Å². The highest BCUT2D eigenvalue weighted by molar-refractivity contribution is 7.13. The summed E-state index contributed by atoms with van der Waals surface area (Å²) in [6, 6.07) is 4.30. The summed E-state index contributed by atoms with van der Waals surface area (Å²) in [6.07, 6.45) is 4.25. The number of thiophene rings is 1. The van der Waals surface area contributed by atoms with Crippen molar-refractivity contribution in [2.45, 2.75) is 6.54 Å². The van der Waals surface area contributed by atoms with Gasteiger partial charge in [0.15, 0.2) is 0 Å². The van der Waals surface area contributed by atoms with Crippen molar-refractivity contribution in [1.82, 2.24) is 15.2 Å². The second-order valence-corrected chi connectivity index (χ2v) is 5.35. The summed E-state index contributed by atoms with van der Waals surface area (Å²) in [6.45, 7) is 5.57. The molecule has 1 fully saturated rings. The molecular formula is C13H17N3S. The molecule has 0 radical (unpaired) electrons. The number of aromatic amines is 1. The molecule has 0 spiro atoms. The number of nitrogens with zero attached hydrogens (tertiary/aromatic N) is 1. The van der Waals surface area contributed by atoms with Crippen LogP contribution in [0.2, 0.25) is 0 Å². The van der Waals surface area contributed by atoms with Crippen molar-refractivity contribution in [3.63, 3.8) is 0 Å². The Morgan fingerprint density at radius 1 is 1.24 bits per heavy atom. The number of hydrogen-bond donors (Lipinski definition) is 2. The van der Waals surface area contributed by atoms with Crippen LogP contribution in [0.25, 0.3) is 10.4 Å². The molecule has 17 heavy (non-hydrogen) atoms. The first kappa shape index (κ1) is 11.0. The van der Waals surface area contributed by atoms with Gasteiger partial charge >= 0.3 is 0 Å². The molecule has 0 unspecified atom stereocenters. The van der Waals surface area contributed by atoms with Crippen LogP contribution < -0.4 is 5.32 Å². The van der Waals surface area contributed by atoms with Gasteiger partial charge in [0.2, 0.25) is 0 Å². The molecule has 1 saturated heterocycles. The van der Waals surface area contributed by atoms with Gasteiger partial charge in [-0.15, -0.1) is 11.3 Å². The van der Waals surface area contributed by atoms with E-state index in [-0.39, 0.29) is 0 Å². The third kappa shape index (κ3) is 2.44. The summed E-state index contributed by atoms with van der Waals surface area (Å²) < 4.78 is 0. The first-order valence-electron chi connectivity index (χ1n) is 6.06. The smallest absolute Gasteiger partial charge is 0.0361 e. The number of H-pyrrole nitrogens is 1. The van der Waals surface area contributed by atoms with Gasteiger partial charge in [0.1, 0.15) is 0 Å².